The van der Waals surface area contributed by atoms with Gasteiger partial charge in [0.15, 0.2) is 0 Å². The molecular formula is C21H21ClN4O4S. The Kier molecular flexibility index (Phi) is 5.83. The number of morpholine rings is 1. The number of hydrogen-bond donors (Lipinski definition) is 1. The minimum absolute atomic E-state index is 0.0374. The Labute approximate surface area is 185 Å². The lowest BCUT2D eigenvalue weighted by Gasteiger charge is -2.39. The third-order valence-electron chi connectivity index (χ3n) is 5.11. The van der Waals surface area contributed by atoms with E-state index in [2.05, 4.69) is 14.7 Å². The number of rotatable bonds is 4. The van der Waals surface area contributed by atoms with Crippen LogP contribution < -0.4 is 4.72 Å². The van der Waals surface area contributed by atoms with Gasteiger partial charge in [-0.1, -0.05) is 17.7 Å². The predicted molar refractivity (Wildman–Crippen MR) is 118 cm³/mol. The van der Waals surface area contributed by atoms with Crippen LogP contribution >= 0.6 is 11.6 Å². The van der Waals surface area contributed by atoms with Gasteiger partial charge >= 0.3 is 0 Å². The summed E-state index contributed by atoms with van der Waals surface area (Å²) < 4.78 is 34.5. The first-order valence-electron chi connectivity index (χ1n) is 9.70. The number of amides is 1. The van der Waals surface area contributed by atoms with Crippen LogP contribution in [0.1, 0.15) is 24.2 Å². The zero-order valence-corrected chi connectivity index (χ0v) is 18.5. The van der Waals surface area contributed by atoms with Crippen LogP contribution in [0.2, 0.25) is 5.02 Å². The molecule has 10 heteroatoms. The highest BCUT2D eigenvalue weighted by molar-refractivity contribution is 7.93. The SMILES string of the molecule is C[C@@H]1COC[C@H](C)N1C(=O)c1ccc(Cl)cc1NS(=O)(=O)c1cccc2nccnc12. The fraction of sp³-hybridized carbons (Fsp3) is 0.286. The smallest absolute Gasteiger partial charge is 0.264 e. The summed E-state index contributed by atoms with van der Waals surface area (Å²) >= 11 is 6.13. The first-order chi connectivity index (χ1) is 14.8. The van der Waals surface area contributed by atoms with Gasteiger partial charge in [0.05, 0.1) is 42.1 Å². The molecule has 2 atom stereocenters. The average molecular weight is 461 g/mol. The standard InChI is InChI=1S/C21H21ClN4O4S/c1-13-11-30-12-14(2)26(13)21(27)16-7-6-15(22)10-18(16)25-31(28,29)19-5-3-4-17-20(19)24-9-8-23-17/h3-10,13-14,25H,11-12H2,1-2H3/t13-,14+. The van der Waals surface area contributed by atoms with E-state index in [1.165, 1.54) is 30.6 Å². The van der Waals surface area contributed by atoms with E-state index in [-0.39, 0.29) is 39.7 Å². The Morgan fingerprint density at radius 1 is 1.13 bits per heavy atom. The van der Waals surface area contributed by atoms with Crippen molar-refractivity contribution in [2.45, 2.75) is 30.8 Å². The number of anilines is 1. The summed E-state index contributed by atoms with van der Waals surface area (Å²) in [7, 11) is -4.08. The second-order valence-electron chi connectivity index (χ2n) is 7.42. The summed E-state index contributed by atoms with van der Waals surface area (Å²) in [5, 5.41) is 0.301. The van der Waals surface area contributed by atoms with E-state index >= 15 is 0 Å². The number of halogens is 1. The molecule has 2 aromatic carbocycles. The highest BCUT2D eigenvalue weighted by atomic mass is 35.5. The van der Waals surface area contributed by atoms with Gasteiger partial charge in [-0.2, -0.15) is 0 Å². The van der Waals surface area contributed by atoms with Crippen LogP contribution in [0.3, 0.4) is 0 Å². The number of fused-ring (bicyclic) bond motifs is 1. The van der Waals surface area contributed by atoms with Crippen molar-refractivity contribution in [3.05, 3.63) is 59.4 Å². The van der Waals surface area contributed by atoms with Gasteiger partial charge in [-0.15, -0.1) is 0 Å². The van der Waals surface area contributed by atoms with Crippen LogP contribution in [0.4, 0.5) is 5.69 Å². The maximum atomic E-state index is 13.4. The quantitative estimate of drug-likeness (QED) is 0.640. The van der Waals surface area contributed by atoms with E-state index in [1.807, 2.05) is 13.8 Å². The number of para-hydroxylation sites is 1. The molecule has 0 unspecified atom stereocenters. The number of benzene rings is 2. The predicted octanol–water partition coefficient (Wildman–Crippen LogP) is 3.33. The molecule has 3 aromatic rings. The monoisotopic (exact) mass is 460 g/mol. The van der Waals surface area contributed by atoms with Crippen LogP contribution in [-0.4, -0.2) is 54.5 Å². The van der Waals surface area contributed by atoms with Crippen molar-refractivity contribution in [2.75, 3.05) is 17.9 Å². The Morgan fingerprint density at radius 2 is 1.84 bits per heavy atom. The van der Waals surface area contributed by atoms with E-state index in [9.17, 15) is 13.2 Å². The zero-order valence-electron chi connectivity index (χ0n) is 16.9. The largest absolute Gasteiger partial charge is 0.377 e. The number of sulfonamides is 1. The summed E-state index contributed by atoms with van der Waals surface area (Å²) in [6, 6.07) is 8.93. The maximum Gasteiger partial charge on any atom is 0.264 e. The number of nitrogens with one attached hydrogen (secondary N) is 1. The molecule has 0 saturated carbocycles. The number of carbonyl (C=O) groups excluding carboxylic acids is 1. The Balaban J connectivity index is 1.75. The minimum Gasteiger partial charge on any atom is -0.377 e. The third kappa shape index (κ3) is 4.21. The van der Waals surface area contributed by atoms with Crippen LogP contribution in [0.15, 0.2) is 53.7 Å². The Hall–Kier alpha value is -2.75. The molecule has 1 N–H and O–H groups in total. The second-order valence-corrected chi connectivity index (χ2v) is 9.51. The molecular weight excluding hydrogens is 440 g/mol. The van der Waals surface area contributed by atoms with Gasteiger partial charge in [-0.3, -0.25) is 19.5 Å². The van der Waals surface area contributed by atoms with Crippen molar-refractivity contribution < 1.29 is 17.9 Å². The molecule has 1 aromatic heterocycles. The topological polar surface area (TPSA) is 101 Å². The van der Waals surface area contributed by atoms with Crippen molar-refractivity contribution in [3.8, 4) is 0 Å². The highest BCUT2D eigenvalue weighted by Gasteiger charge is 2.32. The molecule has 1 saturated heterocycles. The summed E-state index contributed by atoms with van der Waals surface area (Å²) in [6.07, 6.45) is 2.92. The molecule has 8 nitrogen and oxygen atoms in total. The number of hydrogen-bond acceptors (Lipinski definition) is 6. The lowest BCUT2D eigenvalue weighted by atomic mass is 10.1. The molecule has 1 aliphatic rings. The molecule has 4 rings (SSSR count). The van der Waals surface area contributed by atoms with Crippen molar-refractivity contribution >= 4 is 44.3 Å². The Bertz CT molecular complexity index is 1240. The fourth-order valence-corrected chi connectivity index (χ4v) is 5.12. The lowest BCUT2D eigenvalue weighted by molar-refractivity contribution is -0.0249. The fourth-order valence-electron chi connectivity index (χ4n) is 3.71. The van der Waals surface area contributed by atoms with E-state index in [1.54, 1.807) is 23.1 Å². The molecule has 0 aliphatic carbocycles. The first-order valence-corrected chi connectivity index (χ1v) is 11.6. The zero-order chi connectivity index (χ0) is 22.2. The molecule has 2 heterocycles. The first kappa shape index (κ1) is 21.5. The summed E-state index contributed by atoms with van der Waals surface area (Å²) in [6.45, 7) is 4.61. The third-order valence-corrected chi connectivity index (χ3v) is 6.74. The van der Waals surface area contributed by atoms with Crippen LogP contribution in [0, 0.1) is 0 Å². The summed E-state index contributed by atoms with van der Waals surface area (Å²) in [5.41, 5.74) is 0.996. The van der Waals surface area contributed by atoms with Crippen LogP contribution in [0.5, 0.6) is 0 Å². The van der Waals surface area contributed by atoms with Crippen LogP contribution in [-0.2, 0) is 14.8 Å². The number of carbonyl (C=O) groups is 1. The van der Waals surface area contributed by atoms with E-state index in [0.717, 1.165) is 0 Å². The molecule has 1 amide bonds. The van der Waals surface area contributed by atoms with Gasteiger partial charge in [0, 0.05) is 17.4 Å². The van der Waals surface area contributed by atoms with Gasteiger partial charge < -0.3 is 9.64 Å². The van der Waals surface area contributed by atoms with Gasteiger partial charge in [0.25, 0.3) is 15.9 Å². The van der Waals surface area contributed by atoms with Gasteiger partial charge in [0.2, 0.25) is 0 Å². The second kappa shape index (κ2) is 8.41. The van der Waals surface area contributed by atoms with Crippen molar-refractivity contribution in [1.29, 1.82) is 0 Å². The lowest BCUT2D eigenvalue weighted by Crippen LogP contribution is -2.52. The molecule has 162 valence electrons. The normalized spacial score (nSPS) is 19.4. The van der Waals surface area contributed by atoms with Gasteiger partial charge in [0.1, 0.15) is 10.4 Å². The number of nitrogens with zero attached hydrogens (tertiary/aromatic N) is 3. The summed E-state index contributed by atoms with van der Waals surface area (Å²) in [5.74, 6) is -0.296. The average Bonchev–Trinajstić information content (AvgIpc) is 2.73. The molecule has 0 bridgehead atoms. The van der Waals surface area contributed by atoms with Crippen molar-refractivity contribution in [3.63, 3.8) is 0 Å². The van der Waals surface area contributed by atoms with Crippen LogP contribution in [0.25, 0.3) is 11.0 Å². The molecule has 1 aliphatic heterocycles. The van der Waals surface area contributed by atoms with Crippen molar-refractivity contribution in [2.24, 2.45) is 0 Å². The van der Waals surface area contributed by atoms with E-state index in [4.69, 9.17) is 16.3 Å². The molecule has 0 radical (unpaired) electrons. The van der Waals surface area contributed by atoms with E-state index < -0.39 is 10.0 Å². The molecule has 31 heavy (non-hydrogen) atoms. The molecule has 1 fully saturated rings. The van der Waals surface area contributed by atoms with Gasteiger partial charge in [-0.05, 0) is 44.2 Å². The molecule has 0 spiro atoms. The number of aromatic nitrogens is 2. The van der Waals surface area contributed by atoms with E-state index in [0.29, 0.717) is 23.8 Å². The summed E-state index contributed by atoms with van der Waals surface area (Å²) in [4.78, 5) is 23.3. The Morgan fingerprint density at radius 3 is 2.58 bits per heavy atom. The van der Waals surface area contributed by atoms with Gasteiger partial charge in [-0.25, -0.2) is 8.42 Å². The minimum atomic E-state index is -4.08. The van der Waals surface area contributed by atoms with Crippen molar-refractivity contribution in [1.82, 2.24) is 14.9 Å². The number of ether oxygens (including phenoxy) is 1. The highest BCUT2D eigenvalue weighted by Crippen LogP contribution is 2.29. The maximum absolute atomic E-state index is 13.4.